The molecule has 5 nitrogen and oxygen atoms in total. The molecule has 0 aliphatic heterocycles. The molecule has 0 aliphatic carbocycles. The van der Waals surface area contributed by atoms with Gasteiger partial charge in [0.1, 0.15) is 6.29 Å². The highest BCUT2D eigenvalue weighted by molar-refractivity contribution is 5.99. The molecule has 0 radical (unpaired) electrons. The van der Waals surface area contributed by atoms with Gasteiger partial charge in [0.15, 0.2) is 5.78 Å². The topological polar surface area (TPSA) is 56.4 Å². The Morgan fingerprint density at radius 2 is 2.10 bits per heavy atom. The van der Waals surface area contributed by atoms with Crippen LogP contribution in [-0.2, 0) is 7.05 Å². The normalized spacial score (nSPS) is 11.0. The lowest BCUT2D eigenvalue weighted by Gasteiger charge is -2.10. The molecule has 0 bridgehead atoms. The first-order valence-electron chi connectivity index (χ1n) is 6.63. The van der Waals surface area contributed by atoms with Crippen LogP contribution >= 0.6 is 0 Å². The number of aromatic nitrogens is 3. The number of aldehydes is 1. The van der Waals surface area contributed by atoms with Gasteiger partial charge in [-0.2, -0.15) is 5.10 Å². The van der Waals surface area contributed by atoms with Gasteiger partial charge >= 0.3 is 0 Å². The Morgan fingerprint density at radius 3 is 2.67 bits per heavy atom. The van der Waals surface area contributed by atoms with E-state index in [1.54, 1.807) is 17.8 Å². The fourth-order valence-corrected chi connectivity index (χ4v) is 2.77. The lowest BCUT2D eigenvalue weighted by molar-refractivity contribution is 0.101. The molecule has 106 valence electrons. The van der Waals surface area contributed by atoms with E-state index >= 15 is 0 Å². The monoisotopic (exact) mass is 281 g/mol. The van der Waals surface area contributed by atoms with Gasteiger partial charge in [0.25, 0.3) is 0 Å². The molecule has 0 aromatic carbocycles. The SMILES string of the molecule is CC(=O)c1c(C)c(C=O)cc2c(-c3ccnn3C)ccn12. The zero-order valence-corrected chi connectivity index (χ0v) is 12.1. The Kier molecular flexibility index (Phi) is 2.97. The van der Waals surface area contributed by atoms with Crippen LogP contribution in [0.4, 0.5) is 0 Å². The van der Waals surface area contributed by atoms with Gasteiger partial charge in [0, 0.05) is 37.5 Å². The van der Waals surface area contributed by atoms with Gasteiger partial charge in [0.05, 0.1) is 16.9 Å². The van der Waals surface area contributed by atoms with Crippen molar-refractivity contribution < 1.29 is 9.59 Å². The highest BCUT2D eigenvalue weighted by Crippen LogP contribution is 2.28. The van der Waals surface area contributed by atoms with Gasteiger partial charge in [-0.05, 0) is 30.7 Å². The highest BCUT2D eigenvalue weighted by atomic mass is 16.1. The third kappa shape index (κ3) is 1.89. The van der Waals surface area contributed by atoms with E-state index in [1.165, 1.54) is 6.92 Å². The van der Waals surface area contributed by atoms with E-state index in [2.05, 4.69) is 5.10 Å². The van der Waals surface area contributed by atoms with Gasteiger partial charge in [0.2, 0.25) is 0 Å². The molecule has 21 heavy (non-hydrogen) atoms. The maximum absolute atomic E-state index is 12.0. The molecule has 3 aromatic heterocycles. The van der Waals surface area contributed by atoms with Crippen molar-refractivity contribution in [2.45, 2.75) is 13.8 Å². The van der Waals surface area contributed by atoms with Crippen LogP contribution in [0.15, 0.2) is 30.6 Å². The van der Waals surface area contributed by atoms with Gasteiger partial charge < -0.3 is 4.40 Å². The number of fused-ring (bicyclic) bond motifs is 1. The van der Waals surface area contributed by atoms with Crippen molar-refractivity contribution in [2.24, 2.45) is 7.05 Å². The zero-order chi connectivity index (χ0) is 15.1. The smallest absolute Gasteiger partial charge is 0.176 e. The van der Waals surface area contributed by atoms with Crippen LogP contribution in [-0.4, -0.2) is 26.3 Å². The maximum atomic E-state index is 12.0. The molecule has 3 heterocycles. The lowest BCUT2D eigenvalue weighted by atomic mass is 10.0. The second kappa shape index (κ2) is 4.70. The van der Waals surface area contributed by atoms with E-state index in [4.69, 9.17) is 0 Å². The van der Waals surface area contributed by atoms with Crippen LogP contribution < -0.4 is 0 Å². The molecular formula is C16H15N3O2. The summed E-state index contributed by atoms with van der Waals surface area (Å²) in [5.41, 5.74) is 4.50. The van der Waals surface area contributed by atoms with Crippen LogP contribution in [0.3, 0.4) is 0 Å². The van der Waals surface area contributed by atoms with E-state index in [-0.39, 0.29) is 5.78 Å². The average Bonchev–Trinajstić information content (AvgIpc) is 3.03. The van der Waals surface area contributed by atoms with Crippen LogP contribution in [0.1, 0.15) is 33.3 Å². The summed E-state index contributed by atoms with van der Waals surface area (Å²) in [6, 6.07) is 5.66. The second-order valence-electron chi connectivity index (χ2n) is 5.07. The minimum absolute atomic E-state index is 0.0617. The van der Waals surface area contributed by atoms with E-state index in [9.17, 15) is 9.59 Å². The number of nitrogens with zero attached hydrogens (tertiary/aromatic N) is 3. The minimum atomic E-state index is -0.0617. The Hall–Kier alpha value is -2.69. The summed E-state index contributed by atoms with van der Waals surface area (Å²) in [5, 5.41) is 4.17. The van der Waals surface area contributed by atoms with E-state index in [0.717, 1.165) is 23.1 Å². The predicted octanol–water partition coefficient (Wildman–Crippen LogP) is 2.66. The molecular weight excluding hydrogens is 266 g/mol. The Bertz CT molecular complexity index is 871. The molecule has 0 saturated carbocycles. The van der Waals surface area contributed by atoms with Crippen molar-refractivity contribution in [2.75, 3.05) is 0 Å². The van der Waals surface area contributed by atoms with E-state index in [0.29, 0.717) is 16.8 Å². The molecule has 0 aliphatic rings. The van der Waals surface area contributed by atoms with Crippen LogP contribution in [0.2, 0.25) is 0 Å². The number of carbonyl (C=O) groups is 2. The van der Waals surface area contributed by atoms with Gasteiger partial charge in [-0.3, -0.25) is 14.3 Å². The average molecular weight is 281 g/mol. The lowest BCUT2D eigenvalue weighted by Crippen LogP contribution is -2.07. The fraction of sp³-hybridized carbons (Fsp3) is 0.188. The van der Waals surface area contributed by atoms with Crippen molar-refractivity contribution >= 4 is 17.6 Å². The highest BCUT2D eigenvalue weighted by Gasteiger charge is 2.17. The van der Waals surface area contributed by atoms with Crippen molar-refractivity contribution in [3.8, 4) is 11.3 Å². The minimum Gasteiger partial charge on any atom is -0.313 e. The first-order valence-corrected chi connectivity index (χ1v) is 6.63. The number of aryl methyl sites for hydroxylation is 1. The molecule has 0 fully saturated rings. The van der Waals surface area contributed by atoms with Gasteiger partial charge in [-0.1, -0.05) is 0 Å². The summed E-state index contributed by atoms with van der Waals surface area (Å²) in [6.45, 7) is 3.31. The first-order chi connectivity index (χ1) is 10.0. The number of ketones is 1. The molecule has 3 rings (SSSR count). The van der Waals surface area contributed by atoms with Crippen molar-refractivity contribution in [3.05, 3.63) is 47.4 Å². The Balaban J connectivity index is 2.42. The number of hydrogen-bond acceptors (Lipinski definition) is 3. The van der Waals surface area contributed by atoms with E-state index in [1.807, 2.05) is 35.8 Å². The molecule has 0 amide bonds. The predicted molar refractivity (Wildman–Crippen MR) is 79.7 cm³/mol. The second-order valence-corrected chi connectivity index (χ2v) is 5.07. The van der Waals surface area contributed by atoms with Crippen LogP contribution in [0.5, 0.6) is 0 Å². The standard InChI is InChI=1S/C16H15N3O2/c1-10-12(9-20)8-15-13(14-4-6-17-18(14)3)5-7-19(15)16(10)11(2)21/h4-9H,1-3H3. The number of hydrogen-bond donors (Lipinski definition) is 0. The molecule has 0 N–H and O–H groups in total. The zero-order valence-electron chi connectivity index (χ0n) is 12.1. The summed E-state index contributed by atoms with van der Waals surface area (Å²) >= 11 is 0. The van der Waals surface area contributed by atoms with Crippen LogP contribution in [0, 0.1) is 6.92 Å². The van der Waals surface area contributed by atoms with E-state index < -0.39 is 0 Å². The third-order valence-corrected chi connectivity index (χ3v) is 3.80. The Morgan fingerprint density at radius 1 is 1.33 bits per heavy atom. The molecule has 0 saturated heterocycles. The number of rotatable bonds is 3. The number of pyridine rings is 1. The van der Waals surface area contributed by atoms with Crippen molar-refractivity contribution in [1.29, 1.82) is 0 Å². The molecule has 0 unspecified atom stereocenters. The summed E-state index contributed by atoms with van der Waals surface area (Å²) in [5.74, 6) is -0.0617. The molecule has 0 atom stereocenters. The van der Waals surface area contributed by atoms with Crippen molar-refractivity contribution in [3.63, 3.8) is 0 Å². The molecule has 3 aromatic rings. The van der Waals surface area contributed by atoms with Crippen molar-refractivity contribution in [1.82, 2.24) is 14.2 Å². The third-order valence-electron chi connectivity index (χ3n) is 3.80. The number of carbonyl (C=O) groups excluding carboxylic acids is 2. The quantitative estimate of drug-likeness (QED) is 0.548. The fourth-order valence-electron chi connectivity index (χ4n) is 2.77. The number of Topliss-reactive ketones (excluding diaryl/α,β-unsaturated/α-hetero) is 1. The van der Waals surface area contributed by atoms with Gasteiger partial charge in [-0.25, -0.2) is 0 Å². The van der Waals surface area contributed by atoms with Gasteiger partial charge in [-0.15, -0.1) is 0 Å². The summed E-state index contributed by atoms with van der Waals surface area (Å²) in [7, 11) is 1.86. The first kappa shape index (κ1) is 13.3. The summed E-state index contributed by atoms with van der Waals surface area (Å²) in [4.78, 5) is 23.3. The Labute approximate surface area is 121 Å². The summed E-state index contributed by atoms with van der Waals surface area (Å²) in [6.07, 6.45) is 4.37. The van der Waals surface area contributed by atoms with Crippen LogP contribution in [0.25, 0.3) is 16.8 Å². The molecule has 5 heteroatoms. The maximum Gasteiger partial charge on any atom is 0.176 e. The largest absolute Gasteiger partial charge is 0.313 e. The summed E-state index contributed by atoms with van der Waals surface area (Å²) < 4.78 is 3.61. The molecule has 0 spiro atoms.